The fourth-order valence-corrected chi connectivity index (χ4v) is 5.85. The molecule has 0 aliphatic rings. The summed E-state index contributed by atoms with van der Waals surface area (Å²) in [5.41, 5.74) is 5.33. The molecule has 0 aromatic carbocycles. The van der Waals surface area contributed by atoms with Crippen molar-refractivity contribution in [2.75, 3.05) is 26.4 Å². The lowest BCUT2D eigenvalue weighted by molar-refractivity contribution is -0.161. The van der Waals surface area contributed by atoms with E-state index in [0.717, 1.165) is 77.0 Å². The maximum atomic E-state index is 12.5. The Labute approximate surface area is 317 Å². The number of hydrogen-bond donors (Lipinski definition) is 2. The summed E-state index contributed by atoms with van der Waals surface area (Å²) in [6, 6.07) is 0. The van der Waals surface area contributed by atoms with Crippen LogP contribution in [-0.4, -0.2) is 49.3 Å². The molecule has 0 saturated carbocycles. The lowest BCUT2D eigenvalue weighted by atomic mass is 10.1. The van der Waals surface area contributed by atoms with Gasteiger partial charge in [-0.15, -0.1) is 0 Å². The molecule has 0 aromatic heterocycles. The second-order valence-electron chi connectivity index (χ2n) is 13.1. The molecule has 52 heavy (non-hydrogen) atoms. The number of esters is 2. The van der Waals surface area contributed by atoms with E-state index in [1.165, 1.54) is 44.9 Å². The third kappa shape index (κ3) is 37.5. The van der Waals surface area contributed by atoms with Crippen LogP contribution in [0.5, 0.6) is 0 Å². The largest absolute Gasteiger partial charge is 0.472 e. The second kappa shape index (κ2) is 38.4. The average molecular weight is 752 g/mol. The smallest absolute Gasteiger partial charge is 0.462 e. The van der Waals surface area contributed by atoms with Gasteiger partial charge in [0, 0.05) is 19.4 Å². The molecule has 0 bridgehead atoms. The molecule has 0 heterocycles. The van der Waals surface area contributed by atoms with Gasteiger partial charge in [0.1, 0.15) is 6.61 Å². The Balaban J connectivity index is 4.28. The van der Waals surface area contributed by atoms with Crippen LogP contribution >= 0.6 is 7.82 Å². The zero-order valence-electron chi connectivity index (χ0n) is 32.8. The quantitative estimate of drug-likeness (QED) is 0.0275. The summed E-state index contributed by atoms with van der Waals surface area (Å²) >= 11 is 0. The topological polar surface area (TPSA) is 134 Å². The van der Waals surface area contributed by atoms with Crippen molar-refractivity contribution in [2.24, 2.45) is 5.73 Å². The molecule has 0 aromatic rings. The maximum Gasteiger partial charge on any atom is 0.472 e. The van der Waals surface area contributed by atoms with Crippen molar-refractivity contribution in [3.8, 4) is 0 Å². The second-order valence-corrected chi connectivity index (χ2v) is 14.6. The van der Waals surface area contributed by atoms with Crippen LogP contribution in [0.25, 0.3) is 0 Å². The van der Waals surface area contributed by atoms with Gasteiger partial charge in [-0.25, -0.2) is 4.57 Å². The number of hydrogen-bond acceptors (Lipinski definition) is 8. The highest BCUT2D eigenvalue weighted by Crippen LogP contribution is 2.43. The van der Waals surface area contributed by atoms with E-state index in [1.54, 1.807) is 0 Å². The summed E-state index contributed by atoms with van der Waals surface area (Å²) in [6.07, 6.45) is 43.9. The Morgan fingerprint density at radius 3 is 1.52 bits per heavy atom. The first kappa shape index (κ1) is 49.7. The van der Waals surface area contributed by atoms with E-state index >= 15 is 0 Å². The standard InChI is InChI=1S/C42H74NO8P/c1-3-5-7-9-11-13-15-17-18-19-20-21-22-23-25-27-29-31-33-35-42(45)51-40(39-50-52(46,47)49-37-36-43)38-48-41(44)34-32-30-28-26-24-16-14-12-10-8-6-4-2/h11-14,17-18,20-21,23,25,40H,3-10,15-16,19,22,24,26-39,43H2,1-2H3,(H,46,47)/b13-11-,14-12-,18-17-,21-20-,25-23-/t40-/m1/s1. The summed E-state index contributed by atoms with van der Waals surface area (Å²) in [4.78, 5) is 34.7. The number of carbonyl (C=O) groups is 2. The lowest BCUT2D eigenvalue weighted by Crippen LogP contribution is -2.29. The summed E-state index contributed by atoms with van der Waals surface area (Å²) in [7, 11) is -4.39. The zero-order valence-corrected chi connectivity index (χ0v) is 33.7. The van der Waals surface area contributed by atoms with E-state index in [9.17, 15) is 19.0 Å². The minimum Gasteiger partial charge on any atom is -0.462 e. The van der Waals surface area contributed by atoms with E-state index in [-0.39, 0.29) is 32.6 Å². The van der Waals surface area contributed by atoms with Crippen molar-refractivity contribution in [3.63, 3.8) is 0 Å². The summed E-state index contributed by atoms with van der Waals surface area (Å²) in [5.74, 6) is -0.881. The highest BCUT2D eigenvalue weighted by atomic mass is 31.2. The molecular weight excluding hydrogens is 677 g/mol. The molecule has 0 spiro atoms. The molecule has 0 fully saturated rings. The van der Waals surface area contributed by atoms with Crippen molar-refractivity contribution >= 4 is 19.8 Å². The van der Waals surface area contributed by atoms with Gasteiger partial charge in [0.05, 0.1) is 13.2 Å². The number of phosphoric acid groups is 1. The number of ether oxygens (including phenoxy) is 2. The van der Waals surface area contributed by atoms with E-state index < -0.39 is 32.5 Å². The maximum absolute atomic E-state index is 12.5. The Kier molecular flexibility index (Phi) is 36.7. The first-order valence-corrected chi connectivity index (χ1v) is 21.8. The molecule has 0 rings (SSSR count). The number of unbranched alkanes of at least 4 members (excludes halogenated alkanes) is 14. The Hall–Kier alpha value is -2.29. The normalized spacial score (nSPS) is 14.0. The predicted octanol–water partition coefficient (Wildman–Crippen LogP) is 11.3. The Morgan fingerprint density at radius 1 is 0.577 bits per heavy atom. The van der Waals surface area contributed by atoms with Crippen molar-refractivity contribution in [2.45, 2.75) is 168 Å². The fraction of sp³-hybridized carbons (Fsp3) is 0.714. The molecule has 9 nitrogen and oxygen atoms in total. The number of carbonyl (C=O) groups excluding carboxylic acids is 2. The highest BCUT2D eigenvalue weighted by molar-refractivity contribution is 7.47. The van der Waals surface area contributed by atoms with Gasteiger partial charge in [0.25, 0.3) is 0 Å². The highest BCUT2D eigenvalue weighted by Gasteiger charge is 2.25. The molecule has 3 N–H and O–H groups in total. The number of allylic oxidation sites excluding steroid dienone is 10. The van der Waals surface area contributed by atoms with Gasteiger partial charge in [-0.1, -0.05) is 126 Å². The fourth-order valence-electron chi connectivity index (χ4n) is 5.08. The van der Waals surface area contributed by atoms with Crippen molar-refractivity contribution in [3.05, 3.63) is 60.8 Å². The molecular formula is C42H74NO8P. The molecule has 2 atom stereocenters. The third-order valence-corrected chi connectivity index (χ3v) is 9.11. The van der Waals surface area contributed by atoms with Gasteiger partial charge >= 0.3 is 19.8 Å². The summed E-state index contributed by atoms with van der Waals surface area (Å²) < 4.78 is 32.6. The molecule has 0 aliphatic carbocycles. The lowest BCUT2D eigenvalue weighted by Gasteiger charge is -2.19. The number of nitrogens with two attached hydrogens (primary N) is 1. The minimum atomic E-state index is -4.39. The molecule has 0 saturated heterocycles. The summed E-state index contributed by atoms with van der Waals surface area (Å²) in [5, 5.41) is 0. The molecule has 300 valence electrons. The molecule has 10 heteroatoms. The van der Waals surface area contributed by atoms with Gasteiger partial charge in [0.2, 0.25) is 0 Å². The first-order chi connectivity index (χ1) is 25.3. The van der Waals surface area contributed by atoms with Gasteiger partial charge in [-0.2, -0.15) is 0 Å². The Bertz CT molecular complexity index is 1040. The van der Waals surface area contributed by atoms with Crippen LogP contribution in [0.3, 0.4) is 0 Å². The van der Waals surface area contributed by atoms with Gasteiger partial charge in [-0.05, 0) is 83.5 Å². The van der Waals surface area contributed by atoms with Gasteiger partial charge in [-0.3, -0.25) is 18.6 Å². The van der Waals surface area contributed by atoms with Crippen molar-refractivity contribution in [1.29, 1.82) is 0 Å². The molecule has 1 unspecified atom stereocenters. The van der Waals surface area contributed by atoms with Crippen LogP contribution in [-0.2, 0) is 32.7 Å². The van der Waals surface area contributed by atoms with Crippen LogP contribution in [0.1, 0.15) is 162 Å². The van der Waals surface area contributed by atoms with Crippen LogP contribution in [0.15, 0.2) is 60.8 Å². The van der Waals surface area contributed by atoms with Crippen LogP contribution in [0.2, 0.25) is 0 Å². The number of phosphoric ester groups is 1. The third-order valence-electron chi connectivity index (χ3n) is 8.13. The van der Waals surface area contributed by atoms with Crippen molar-refractivity contribution < 1.29 is 37.6 Å². The predicted molar refractivity (Wildman–Crippen MR) is 215 cm³/mol. The summed E-state index contributed by atoms with van der Waals surface area (Å²) in [6.45, 7) is 3.61. The van der Waals surface area contributed by atoms with Gasteiger partial charge < -0.3 is 20.1 Å². The molecule has 0 radical (unpaired) electrons. The zero-order chi connectivity index (χ0) is 38.2. The Morgan fingerprint density at radius 2 is 1.00 bits per heavy atom. The molecule has 0 amide bonds. The van der Waals surface area contributed by atoms with Crippen LogP contribution in [0.4, 0.5) is 0 Å². The van der Waals surface area contributed by atoms with E-state index in [0.29, 0.717) is 12.8 Å². The van der Waals surface area contributed by atoms with Crippen LogP contribution < -0.4 is 5.73 Å². The monoisotopic (exact) mass is 752 g/mol. The van der Waals surface area contributed by atoms with Gasteiger partial charge in [0.15, 0.2) is 6.10 Å². The van der Waals surface area contributed by atoms with E-state index in [1.807, 2.05) is 0 Å². The molecule has 0 aliphatic heterocycles. The minimum absolute atomic E-state index is 0.0442. The average Bonchev–Trinajstić information content (AvgIpc) is 3.13. The SMILES string of the molecule is CCCCC/C=C\C/C=C\C/C=C\C/C=C\CCCCCC(=O)O[C@H](COC(=O)CCCCCCC/C=C\CCCCC)COP(=O)(O)OCCN. The number of rotatable bonds is 37. The van der Waals surface area contributed by atoms with Crippen LogP contribution in [0, 0.1) is 0 Å². The van der Waals surface area contributed by atoms with E-state index in [2.05, 4.69) is 74.6 Å². The first-order valence-electron chi connectivity index (χ1n) is 20.3. The van der Waals surface area contributed by atoms with E-state index in [4.69, 9.17) is 24.3 Å². The van der Waals surface area contributed by atoms with Crippen molar-refractivity contribution in [1.82, 2.24) is 0 Å².